The summed E-state index contributed by atoms with van der Waals surface area (Å²) in [5.74, 6) is -0.103. The lowest BCUT2D eigenvalue weighted by Crippen LogP contribution is -2.41. The number of halogens is 2. The van der Waals surface area contributed by atoms with Gasteiger partial charge in [0.2, 0.25) is 0 Å². The smallest absolute Gasteiger partial charge is 0.253 e. The van der Waals surface area contributed by atoms with Crippen LogP contribution in [0.4, 0.5) is 0 Å². The van der Waals surface area contributed by atoms with Crippen molar-refractivity contribution >= 4 is 33.4 Å². The second kappa shape index (κ2) is 6.38. The normalized spacial score (nSPS) is 12.6. The quantitative estimate of drug-likeness (QED) is 0.896. The maximum Gasteiger partial charge on any atom is 0.253 e. The minimum atomic E-state index is -0.268. The maximum absolute atomic E-state index is 11.9. The van der Waals surface area contributed by atoms with E-state index in [1.54, 1.807) is 18.2 Å². The summed E-state index contributed by atoms with van der Waals surface area (Å²) in [5.41, 5.74) is 0.411. The first-order chi connectivity index (χ1) is 7.95. The molecule has 94 valence electrons. The summed E-state index contributed by atoms with van der Waals surface area (Å²) in [4.78, 5) is 11.9. The predicted octanol–water partition coefficient (Wildman–Crippen LogP) is 2.85. The van der Waals surface area contributed by atoms with E-state index in [4.69, 9.17) is 16.7 Å². The van der Waals surface area contributed by atoms with Gasteiger partial charge in [-0.05, 0) is 24.1 Å². The fourth-order valence-corrected chi connectivity index (χ4v) is 2.10. The van der Waals surface area contributed by atoms with Crippen LogP contribution in [0, 0.1) is 5.92 Å². The van der Waals surface area contributed by atoms with E-state index in [1.807, 2.05) is 13.8 Å². The van der Waals surface area contributed by atoms with Gasteiger partial charge in [0.25, 0.3) is 5.91 Å². The molecule has 0 radical (unpaired) electrons. The Morgan fingerprint density at radius 3 is 2.65 bits per heavy atom. The third-order valence-electron chi connectivity index (χ3n) is 2.49. The van der Waals surface area contributed by atoms with Gasteiger partial charge < -0.3 is 10.4 Å². The first-order valence-electron chi connectivity index (χ1n) is 5.32. The number of amides is 1. The average molecular weight is 321 g/mol. The molecule has 0 fully saturated rings. The van der Waals surface area contributed by atoms with Crippen LogP contribution in [-0.4, -0.2) is 23.7 Å². The van der Waals surface area contributed by atoms with Crippen molar-refractivity contribution in [3.8, 4) is 0 Å². The molecule has 0 heterocycles. The van der Waals surface area contributed by atoms with Crippen LogP contribution >= 0.6 is 27.5 Å². The predicted molar refractivity (Wildman–Crippen MR) is 72.3 cm³/mol. The Morgan fingerprint density at radius 2 is 2.18 bits per heavy atom. The summed E-state index contributed by atoms with van der Waals surface area (Å²) in [7, 11) is 0. The van der Waals surface area contributed by atoms with Crippen molar-refractivity contribution < 1.29 is 9.90 Å². The van der Waals surface area contributed by atoms with E-state index in [0.717, 1.165) is 4.47 Å². The van der Waals surface area contributed by atoms with Crippen molar-refractivity contribution in [1.82, 2.24) is 5.32 Å². The van der Waals surface area contributed by atoms with Gasteiger partial charge in [-0.15, -0.1) is 0 Å². The number of hydrogen-bond donors (Lipinski definition) is 2. The lowest BCUT2D eigenvalue weighted by Gasteiger charge is -2.20. The van der Waals surface area contributed by atoms with E-state index in [-0.39, 0.29) is 24.5 Å². The molecule has 0 unspecified atom stereocenters. The molecule has 0 saturated carbocycles. The zero-order valence-corrected chi connectivity index (χ0v) is 12.0. The maximum atomic E-state index is 11.9. The second-order valence-corrected chi connectivity index (χ2v) is 5.45. The molecule has 1 aromatic carbocycles. The molecule has 17 heavy (non-hydrogen) atoms. The minimum absolute atomic E-state index is 0.0858. The van der Waals surface area contributed by atoms with Crippen LogP contribution in [0.2, 0.25) is 5.02 Å². The van der Waals surface area contributed by atoms with Gasteiger partial charge in [0, 0.05) is 4.47 Å². The van der Waals surface area contributed by atoms with E-state index in [1.165, 1.54) is 0 Å². The molecule has 0 bridgehead atoms. The van der Waals surface area contributed by atoms with E-state index in [2.05, 4.69) is 21.2 Å². The van der Waals surface area contributed by atoms with Gasteiger partial charge in [0.1, 0.15) is 0 Å². The molecule has 0 saturated heterocycles. The number of benzene rings is 1. The Hall–Kier alpha value is -0.580. The SMILES string of the molecule is CC(C)[C@@H](CO)NC(=O)c1ccc(Br)cc1Cl. The van der Waals surface area contributed by atoms with Gasteiger partial charge in [-0.3, -0.25) is 4.79 Å². The molecule has 0 aliphatic rings. The fraction of sp³-hybridized carbons (Fsp3) is 0.417. The van der Waals surface area contributed by atoms with Gasteiger partial charge in [0.05, 0.1) is 23.2 Å². The Kier molecular flexibility index (Phi) is 5.43. The number of nitrogens with one attached hydrogen (secondary N) is 1. The molecule has 3 nitrogen and oxygen atoms in total. The minimum Gasteiger partial charge on any atom is -0.394 e. The topological polar surface area (TPSA) is 49.3 Å². The molecule has 5 heteroatoms. The van der Waals surface area contributed by atoms with Crippen molar-refractivity contribution in [2.24, 2.45) is 5.92 Å². The van der Waals surface area contributed by atoms with Crippen LogP contribution < -0.4 is 5.32 Å². The zero-order chi connectivity index (χ0) is 13.0. The van der Waals surface area contributed by atoms with Crippen LogP contribution in [0.25, 0.3) is 0 Å². The highest BCUT2D eigenvalue weighted by Gasteiger charge is 2.17. The number of aliphatic hydroxyl groups is 1. The molecule has 0 spiro atoms. The van der Waals surface area contributed by atoms with Gasteiger partial charge in [-0.25, -0.2) is 0 Å². The van der Waals surface area contributed by atoms with Crippen molar-refractivity contribution in [2.75, 3.05) is 6.61 Å². The molecule has 0 aliphatic heterocycles. The highest BCUT2D eigenvalue weighted by molar-refractivity contribution is 9.10. The van der Waals surface area contributed by atoms with Crippen LogP contribution in [0.15, 0.2) is 22.7 Å². The van der Waals surface area contributed by atoms with Crippen LogP contribution in [0.3, 0.4) is 0 Å². The molecule has 1 amide bonds. The number of carbonyl (C=O) groups is 1. The van der Waals surface area contributed by atoms with E-state index >= 15 is 0 Å². The van der Waals surface area contributed by atoms with Crippen molar-refractivity contribution in [3.63, 3.8) is 0 Å². The molecule has 1 atom stereocenters. The molecule has 1 aromatic rings. The Labute approximate surface area is 114 Å². The van der Waals surface area contributed by atoms with Gasteiger partial charge in [-0.1, -0.05) is 41.4 Å². The summed E-state index contributed by atoms with van der Waals surface area (Å²) in [6, 6.07) is 4.81. The molecule has 1 rings (SSSR count). The number of carbonyl (C=O) groups excluding carboxylic acids is 1. The van der Waals surface area contributed by atoms with Crippen molar-refractivity contribution in [2.45, 2.75) is 19.9 Å². The zero-order valence-electron chi connectivity index (χ0n) is 9.71. The third-order valence-corrected chi connectivity index (χ3v) is 3.30. The average Bonchev–Trinajstić information content (AvgIpc) is 2.24. The van der Waals surface area contributed by atoms with Crippen molar-refractivity contribution in [3.05, 3.63) is 33.3 Å². The van der Waals surface area contributed by atoms with E-state index < -0.39 is 0 Å². The van der Waals surface area contributed by atoms with Gasteiger partial charge in [0.15, 0.2) is 0 Å². The number of aliphatic hydroxyl groups excluding tert-OH is 1. The molecule has 2 N–H and O–H groups in total. The first-order valence-corrected chi connectivity index (χ1v) is 6.49. The summed E-state index contributed by atoms with van der Waals surface area (Å²) < 4.78 is 0.821. The number of hydrogen-bond acceptors (Lipinski definition) is 2. The first kappa shape index (κ1) is 14.5. The standard InChI is InChI=1S/C12H15BrClNO2/c1-7(2)11(6-16)15-12(17)9-4-3-8(13)5-10(9)14/h3-5,7,11,16H,6H2,1-2H3,(H,15,17)/t11-/m1/s1. The second-order valence-electron chi connectivity index (χ2n) is 4.13. The van der Waals surface area contributed by atoms with Crippen molar-refractivity contribution in [1.29, 1.82) is 0 Å². The van der Waals surface area contributed by atoms with Crippen LogP contribution in [0.1, 0.15) is 24.2 Å². The molecular formula is C12H15BrClNO2. The van der Waals surface area contributed by atoms with Crippen LogP contribution in [0.5, 0.6) is 0 Å². The van der Waals surface area contributed by atoms with Crippen LogP contribution in [-0.2, 0) is 0 Å². The Morgan fingerprint density at radius 1 is 1.53 bits per heavy atom. The molecule has 0 aromatic heterocycles. The van der Waals surface area contributed by atoms with E-state index in [0.29, 0.717) is 10.6 Å². The Bertz CT molecular complexity index is 409. The highest BCUT2D eigenvalue weighted by atomic mass is 79.9. The highest BCUT2D eigenvalue weighted by Crippen LogP contribution is 2.21. The summed E-state index contributed by atoms with van der Waals surface area (Å²) in [5, 5.41) is 12.3. The third kappa shape index (κ3) is 3.98. The molecular weight excluding hydrogens is 305 g/mol. The van der Waals surface area contributed by atoms with E-state index in [9.17, 15) is 4.79 Å². The van der Waals surface area contributed by atoms with Gasteiger partial charge >= 0.3 is 0 Å². The fourth-order valence-electron chi connectivity index (χ4n) is 1.34. The lowest BCUT2D eigenvalue weighted by molar-refractivity contribution is 0.0897. The van der Waals surface area contributed by atoms with Gasteiger partial charge in [-0.2, -0.15) is 0 Å². The summed E-state index contributed by atoms with van der Waals surface area (Å²) in [6.45, 7) is 3.78. The largest absolute Gasteiger partial charge is 0.394 e. The monoisotopic (exact) mass is 319 g/mol. The number of rotatable bonds is 4. The molecule has 0 aliphatic carbocycles. The lowest BCUT2D eigenvalue weighted by atomic mass is 10.0. The summed E-state index contributed by atoms with van der Waals surface area (Å²) in [6.07, 6.45) is 0. The summed E-state index contributed by atoms with van der Waals surface area (Å²) >= 11 is 9.25. The Balaban J connectivity index is 2.82.